The Morgan fingerprint density at radius 1 is 1.14 bits per heavy atom. The monoisotopic (exact) mass is 394 g/mol. The summed E-state index contributed by atoms with van der Waals surface area (Å²) in [5, 5.41) is 0. The van der Waals surface area contributed by atoms with E-state index in [2.05, 4.69) is 28.6 Å². The molecule has 2 aliphatic heterocycles. The Hall–Kier alpha value is -2.63. The van der Waals surface area contributed by atoms with Gasteiger partial charge in [0.15, 0.2) is 0 Å². The van der Waals surface area contributed by atoms with Crippen molar-refractivity contribution >= 4 is 11.8 Å². The first-order valence-corrected chi connectivity index (χ1v) is 10.7. The largest absolute Gasteiger partial charge is 0.341 e. The average Bonchev–Trinajstić information content (AvgIpc) is 3.32. The highest BCUT2D eigenvalue weighted by Crippen LogP contribution is 2.25. The van der Waals surface area contributed by atoms with Crippen LogP contribution in [0.4, 0.5) is 0 Å². The summed E-state index contributed by atoms with van der Waals surface area (Å²) >= 11 is 0. The van der Waals surface area contributed by atoms with Gasteiger partial charge in [-0.25, -0.2) is 4.98 Å². The van der Waals surface area contributed by atoms with Crippen LogP contribution in [-0.2, 0) is 16.1 Å². The lowest BCUT2D eigenvalue weighted by molar-refractivity contribution is -0.139. The average molecular weight is 395 g/mol. The fourth-order valence-corrected chi connectivity index (χ4v) is 4.48. The first-order chi connectivity index (χ1) is 14.1. The van der Waals surface area contributed by atoms with Crippen LogP contribution >= 0.6 is 0 Å². The number of hydrogen-bond acceptors (Lipinski definition) is 3. The predicted octanol–water partition coefficient (Wildman–Crippen LogP) is 3.11. The normalized spacial score (nSPS) is 17.9. The highest BCUT2D eigenvalue weighted by atomic mass is 16.2. The number of aromatic nitrogens is 2. The molecular weight excluding hydrogens is 364 g/mol. The molecule has 2 aliphatic rings. The van der Waals surface area contributed by atoms with Gasteiger partial charge in [0.25, 0.3) is 0 Å². The molecule has 2 amide bonds. The second kappa shape index (κ2) is 8.80. The molecule has 154 valence electrons. The summed E-state index contributed by atoms with van der Waals surface area (Å²) in [4.78, 5) is 32.5. The summed E-state index contributed by atoms with van der Waals surface area (Å²) < 4.78 is 2.31. The van der Waals surface area contributed by atoms with Gasteiger partial charge in [-0.1, -0.05) is 30.3 Å². The standard InChI is InChI=1S/C23H30N4O2/c1-18-16-24-23(20-6-3-2-4-7-20)27(18)15-11-19-9-13-25(14-10-19)22(29)17-26-12-5-8-21(26)28/h2-4,6-7,16,19H,5,8-15,17H2,1H3. The number of imidazole rings is 1. The molecule has 6 nitrogen and oxygen atoms in total. The van der Waals surface area contributed by atoms with E-state index in [1.54, 1.807) is 4.90 Å². The highest BCUT2D eigenvalue weighted by Gasteiger charge is 2.27. The molecule has 0 radical (unpaired) electrons. The number of piperidine rings is 1. The lowest BCUT2D eigenvalue weighted by atomic mass is 9.93. The molecule has 0 atom stereocenters. The van der Waals surface area contributed by atoms with Crippen LogP contribution in [0.1, 0.15) is 37.8 Å². The van der Waals surface area contributed by atoms with Crippen molar-refractivity contribution in [3.63, 3.8) is 0 Å². The van der Waals surface area contributed by atoms with Crippen LogP contribution in [0.5, 0.6) is 0 Å². The third-order valence-electron chi connectivity index (χ3n) is 6.31. The first-order valence-electron chi connectivity index (χ1n) is 10.7. The maximum atomic E-state index is 12.5. The number of carbonyl (C=O) groups is 2. The molecule has 2 aromatic rings. The van der Waals surface area contributed by atoms with Crippen molar-refractivity contribution in [3.05, 3.63) is 42.2 Å². The fraction of sp³-hybridized carbons (Fsp3) is 0.522. The molecule has 0 bridgehead atoms. The Bertz CT molecular complexity index is 853. The predicted molar refractivity (Wildman–Crippen MR) is 112 cm³/mol. The number of carbonyl (C=O) groups excluding carboxylic acids is 2. The lowest BCUT2D eigenvalue weighted by Crippen LogP contribution is -2.44. The summed E-state index contributed by atoms with van der Waals surface area (Å²) in [6.07, 6.45) is 6.59. The van der Waals surface area contributed by atoms with Crippen LogP contribution in [0, 0.1) is 12.8 Å². The van der Waals surface area contributed by atoms with Gasteiger partial charge in [0.2, 0.25) is 11.8 Å². The highest BCUT2D eigenvalue weighted by molar-refractivity contribution is 5.85. The topological polar surface area (TPSA) is 58.4 Å². The van der Waals surface area contributed by atoms with E-state index in [1.807, 2.05) is 29.3 Å². The van der Waals surface area contributed by atoms with Crippen molar-refractivity contribution in [1.29, 1.82) is 0 Å². The van der Waals surface area contributed by atoms with E-state index in [0.717, 1.165) is 63.3 Å². The van der Waals surface area contributed by atoms with Crippen molar-refractivity contribution in [2.75, 3.05) is 26.2 Å². The third kappa shape index (κ3) is 4.52. The number of rotatable bonds is 6. The van der Waals surface area contributed by atoms with E-state index in [9.17, 15) is 9.59 Å². The maximum absolute atomic E-state index is 12.5. The molecule has 0 N–H and O–H groups in total. The second-order valence-electron chi connectivity index (χ2n) is 8.27. The minimum absolute atomic E-state index is 0.107. The van der Waals surface area contributed by atoms with Crippen molar-refractivity contribution in [3.8, 4) is 11.4 Å². The van der Waals surface area contributed by atoms with Crippen molar-refractivity contribution in [2.45, 2.75) is 45.6 Å². The minimum Gasteiger partial charge on any atom is -0.341 e. The first kappa shape index (κ1) is 19.7. The maximum Gasteiger partial charge on any atom is 0.242 e. The summed E-state index contributed by atoms with van der Waals surface area (Å²) in [5.74, 6) is 1.89. The van der Waals surface area contributed by atoms with E-state index in [1.165, 1.54) is 5.69 Å². The molecule has 2 fully saturated rings. The van der Waals surface area contributed by atoms with Gasteiger partial charge in [0.1, 0.15) is 5.82 Å². The number of amides is 2. The smallest absolute Gasteiger partial charge is 0.242 e. The van der Waals surface area contributed by atoms with Crippen molar-refractivity contribution < 1.29 is 9.59 Å². The van der Waals surface area contributed by atoms with Gasteiger partial charge in [0, 0.05) is 50.1 Å². The molecule has 6 heteroatoms. The van der Waals surface area contributed by atoms with E-state index in [-0.39, 0.29) is 18.4 Å². The number of aryl methyl sites for hydroxylation is 1. The molecule has 1 aromatic heterocycles. The third-order valence-corrected chi connectivity index (χ3v) is 6.31. The van der Waals surface area contributed by atoms with Crippen LogP contribution < -0.4 is 0 Å². The lowest BCUT2D eigenvalue weighted by Gasteiger charge is -2.33. The van der Waals surface area contributed by atoms with Gasteiger partial charge in [-0.15, -0.1) is 0 Å². The quantitative estimate of drug-likeness (QED) is 0.756. The van der Waals surface area contributed by atoms with Crippen LogP contribution in [-0.4, -0.2) is 57.3 Å². The van der Waals surface area contributed by atoms with Gasteiger partial charge in [-0.3, -0.25) is 9.59 Å². The van der Waals surface area contributed by atoms with E-state index in [4.69, 9.17) is 0 Å². The fourth-order valence-electron chi connectivity index (χ4n) is 4.48. The number of likely N-dealkylation sites (tertiary alicyclic amines) is 2. The Kier molecular flexibility index (Phi) is 5.97. The molecule has 0 unspecified atom stereocenters. The van der Waals surface area contributed by atoms with Gasteiger partial charge in [-0.05, 0) is 38.5 Å². The number of benzene rings is 1. The number of nitrogens with zero attached hydrogens (tertiary/aromatic N) is 4. The Morgan fingerprint density at radius 3 is 2.59 bits per heavy atom. The molecule has 0 saturated carbocycles. The zero-order valence-electron chi connectivity index (χ0n) is 17.2. The van der Waals surface area contributed by atoms with Crippen LogP contribution in [0.15, 0.2) is 36.5 Å². The van der Waals surface area contributed by atoms with Crippen LogP contribution in [0.2, 0.25) is 0 Å². The summed E-state index contributed by atoms with van der Waals surface area (Å²) in [7, 11) is 0. The Balaban J connectivity index is 1.28. The number of hydrogen-bond donors (Lipinski definition) is 0. The SMILES string of the molecule is Cc1cnc(-c2ccccc2)n1CCC1CCN(C(=O)CN2CCCC2=O)CC1. The molecular formula is C23H30N4O2. The van der Waals surface area contributed by atoms with Gasteiger partial charge in [0.05, 0.1) is 6.54 Å². The molecule has 2 saturated heterocycles. The van der Waals surface area contributed by atoms with Crippen LogP contribution in [0.25, 0.3) is 11.4 Å². The second-order valence-corrected chi connectivity index (χ2v) is 8.27. The molecule has 29 heavy (non-hydrogen) atoms. The minimum atomic E-state index is 0.107. The van der Waals surface area contributed by atoms with E-state index < -0.39 is 0 Å². The zero-order valence-corrected chi connectivity index (χ0v) is 17.2. The molecule has 0 aliphatic carbocycles. The summed E-state index contributed by atoms with van der Waals surface area (Å²) in [5.41, 5.74) is 2.34. The van der Waals surface area contributed by atoms with Crippen molar-refractivity contribution in [2.24, 2.45) is 5.92 Å². The zero-order chi connectivity index (χ0) is 20.2. The van der Waals surface area contributed by atoms with E-state index >= 15 is 0 Å². The van der Waals surface area contributed by atoms with Gasteiger partial charge in [-0.2, -0.15) is 0 Å². The molecule has 3 heterocycles. The molecule has 4 rings (SSSR count). The Labute approximate surface area is 172 Å². The van der Waals surface area contributed by atoms with Gasteiger partial charge >= 0.3 is 0 Å². The van der Waals surface area contributed by atoms with E-state index in [0.29, 0.717) is 12.3 Å². The van der Waals surface area contributed by atoms with Crippen LogP contribution in [0.3, 0.4) is 0 Å². The van der Waals surface area contributed by atoms with Gasteiger partial charge < -0.3 is 14.4 Å². The summed E-state index contributed by atoms with van der Waals surface area (Å²) in [6.45, 7) is 5.67. The molecule has 0 spiro atoms. The molecule has 1 aromatic carbocycles. The Morgan fingerprint density at radius 2 is 1.90 bits per heavy atom. The summed E-state index contributed by atoms with van der Waals surface area (Å²) in [6, 6.07) is 10.3. The van der Waals surface area contributed by atoms with Crippen molar-refractivity contribution in [1.82, 2.24) is 19.4 Å².